The summed E-state index contributed by atoms with van der Waals surface area (Å²) in [4.78, 5) is 11.6. The number of rotatable bonds is 6. The summed E-state index contributed by atoms with van der Waals surface area (Å²) in [6, 6.07) is 2.15. The second-order valence-corrected chi connectivity index (χ2v) is 7.86. The van der Waals surface area contributed by atoms with Crippen LogP contribution in [0.5, 0.6) is 0 Å². The van der Waals surface area contributed by atoms with E-state index in [2.05, 4.69) is 78.9 Å². The molecule has 0 atom stereocenters. The normalized spacial score (nSPS) is 16.9. The summed E-state index contributed by atoms with van der Waals surface area (Å²) in [5.41, 5.74) is 1.26. The van der Waals surface area contributed by atoms with Gasteiger partial charge in [0.15, 0.2) is 5.96 Å². The van der Waals surface area contributed by atoms with Gasteiger partial charge in [0.25, 0.3) is 0 Å². The molecule has 1 aromatic heterocycles. The Kier molecular flexibility index (Phi) is 11.1. The maximum atomic E-state index is 4.42. The second-order valence-electron chi connectivity index (χ2n) is 6.94. The van der Waals surface area contributed by atoms with E-state index in [9.17, 15) is 0 Å². The summed E-state index contributed by atoms with van der Waals surface area (Å²) in [6.45, 7) is 7.77. The van der Waals surface area contributed by atoms with Crippen molar-refractivity contribution in [2.24, 2.45) is 12.0 Å². The molecule has 0 aliphatic carbocycles. The van der Waals surface area contributed by atoms with Crippen molar-refractivity contribution in [3.63, 3.8) is 0 Å². The molecule has 6 nitrogen and oxygen atoms in total. The average Bonchev–Trinajstić information content (AvgIpc) is 2.76. The Bertz CT molecular complexity index is 562. The minimum atomic E-state index is 0. The zero-order valence-corrected chi connectivity index (χ0v) is 20.5. The predicted octanol–water partition coefficient (Wildman–Crippen LogP) is 2.44. The molecule has 1 aliphatic heterocycles. The monoisotopic (exact) mass is 540 g/mol. The summed E-state index contributed by atoms with van der Waals surface area (Å²) in [7, 11) is 8.23. The minimum absolute atomic E-state index is 0. The minimum Gasteiger partial charge on any atom is -0.356 e. The first kappa shape index (κ1) is 23.7. The highest BCUT2D eigenvalue weighted by molar-refractivity contribution is 14.0. The molecular weight excluding hydrogens is 507 g/mol. The fourth-order valence-electron chi connectivity index (χ4n) is 3.25. The summed E-state index contributed by atoms with van der Waals surface area (Å²) in [5.74, 6) is 0.952. The van der Waals surface area contributed by atoms with Gasteiger partial charge in [-0.05, 0) is 61.5 Å². The van der Waals surface area contributed by atoms with E-state index in [4.69, 9.17) is 0 Å². The van der Waals surface area contributed by atoms with Crippen molar-refractivity contribution in [2.45, 2.75) is 19.4 Å². The molecule has 150 valence electrons. The molecular formula is C18H34BrIN6. The van der Waals surface area contributed by atoms with Gasteiger partial charge < -0.3 is 24.6 Å². The highest BCUT2D eigenvalue weighted by atomic mass is 127. The van der Waals surface area contributed by atoms with Crippen molar-refractivity contribution < 1.29 is 0 Å². The fourth-order valence-corrected chi connectivity index (χ4v) is 3.82. The molecule has 0 saturated carbocycles. The summed E-state index contributed by atoms with van der Waals surface area (Å²) < 4.78 is 3.26. The third-order valence-electron chi connectivity index (χ3n) is 4.79. The molecule has 2 heterocycles. The van der Waals surface area contributed by atoms with Crippen LogP contribution in [0.1, 0.15) is 18.5 Å². The van der Waals surface area contributed by atoms with Gasteiger partial charge in [-0.2, -0.15) is 0 Å². The number of aromatic nitrogens is 1. The number of aliphatic imine (C=N–C) groups is 1. The summed E-state index contributed by atoms with van der Waals surface area (Å²) in [5, 5.41) is 3.50. The Morgan fingerprint density at radius 3 is 2.69 bits per heavy atom. The van der Waals surface area contributed by atoms with E-state index < -0.39 is 0 Å². The molecule has 1 fully saturated rings. The van der Waals surface area contributed by atoms with Gasteiger partial charge in [0.2, 0.25) is 0 Å². The number of hydrogen-bond donors (Lipinski definition) is 1. The van der Waals surface area contributed by atoms with Crippen LogP contribution >= 0.6 is 39.9 Å². The van der Waals surface area contributed by atoms with Crippen LogP contribution in [0.25, 0.3) is 0 Å². The van der Waals surface area contributed by atoms with E-state index in [0.29, 0.717) is 0 Å². The van der Waals surface area contributed by atoms with E-state index in [1.54, 1.807) is 0 Å². The smallest absolute Gasteiger partial charge is 0.193 e. The zero-order valence-electron chi connectivity index (χ0n) is 16.5. The van der Waals surface area contributed by atoms with Gasteiger partial charge in [0.05, 0.1) is 6.54 Å². The maximum absolute atomic E-state index is 4.42. The first-order valence-electron chi connectivity index (χ1n) is 9.13. The molecule has 26 heavy (non-hydrogen) atoms. The molecule has 0 spiro atoms. The molecule has 0 radical (unpaired) electrons. The number of nitrogens with one attached hydrogen (secondary N) is 1. The molecule has 2 rings (SSSR count). The number of guanidine groups is 1. The predicted molar refractivity (Wildman–Crippen MR) is 125 cm³/mol. The van der Waals surface area contributed by atoms with E-state index in [-0.39, 0.29) is 24.0 Å². The van der Waals surface area contributed by atoms with Crippen molar-refractivity contribution in [3.8, 4) is 0 Å². The molecule has 1 aromatic rings. The first-order valence-corrected chi connectivity index (χ1v) is 9.92. The fraction of sp³-hybridized carbons (Fsp3) is 0.722. The third kappa shape index (κ3) is 7.74. The SMILES string of the molecule is CN=C(NCCCN1CCCN(C)CC1)N(C)Cc1cc(Br)cn1C.I. The van der Waals surface area contributed by atoms with Gasteiger partial charge in [0, 0.05) is 57.1 Å². The van der Waals surface area contributed by atoms with Crippen LogP contribution in [0.3, 0.4) is 0 Å². The van der Waals surface area contributed by atoms with Crippen LogP contribution in [0.2, 0.25) is 0 Å². The van der Waals surface area contributed by atoms with Gasteiger partial charge in [-0.3, -0.25) is 4.99 Å². The van der Waals surface area contributed by atoms with Crippen molar-refractivity contribution >= 4 is 45.9 Å². The second kappa shape index (κ2) is 12.2. The number of aryl methyl sites for hydroxylation is 1. The van der Waals surface area contributed by atoms with Crippen LogP contribution in [-0.2, 0) is 13.6 Å². The quantitative estimate of drug-likeness (QED) is 0.260. The lowest BCUT2D eigenvalue weighted by Crippen LogP contribution is -2.40. The van der Waals surface area contributed by atoms with E-state index in [0.717, 1.165) is 36.5 Å². The molecule has 1 N–H and O–H groups in total. The Hall–Kier alpha value is -0.320. The number of likely N-dealkylation sites (N-methyl/N-ethyl adjacent to an activating group) is 1. The van der Waals surface area contributed by atoms with Crippen molar-refractivity contribution in [2.75, 3.05) is 60.4 Å². The highest BCUT2D eigenvalue weighted by Gasteiger charge is 2.12. The standard InChI is InChI=1S/C18H33BrN6.HI/c1-20-18(24(4)15-17-13-16(19)14-23(17)3)21-7-5-9-25-10-6-8-22(2)11-12-25;/h13-14H,5-12,15H2,1-4H3,(H,20,21);1H. The lowest BCUT2D eigenvalue weighted by atomic mass is 10.3. The van der Waals surface area contributed by atoms with Crippen LogP contribution in [0, 0.1) is 0 Å². The van der Waals surface area contributed by atoms with Crippen molar-refractivity contribution in [1.82, 2.24) is 24.6 Å². The number of nitrogens with zero attached hydrogens (tertiary/aromatic N) is 5. The van der Waals surface area contributed by atoms with Gasteiger partial charge in [0.1, 0.15) is 0 Å². The van der Waals surface area contributed by atoms with E-state index in [1.165, 1.54) is 38.3 Å². The molecule has 0 bridgehead atoms. The highest BCUT2D eigenvalue weighted by Crippen LogP contribution is 2.14. The molecule has 1 saturated heterocycles. The molecule has 1 aliphatic rings. The van der Waals surface area contributed by atoms with Crippen LogP contribution in [-0.4, -0.2) is 85.6 Å². The average molecular weight is 541 g/mol. The largest absolute Gasteiger partial charge is 0.356 e. The molecule has 0 aromatic carbocycles. The van der Waals surface area contributed by atoms with Gasteiger partial charge in [-0.25, -0.2) is 0 Å². The Labute approximate surface area is 184 Å². The maximum Gasteiger partial charge on any atom is 0.193 e. The van der Waals surface area contributed by atoms with Gasteiger partial charge in [-0.1, -0.05) is 0 Å². The van der Waals surface area contributed by atoms with Gasteiger partial charge in [-0.15, -0.1) is 24.0 Å². The molecule has 0 unspecified atom stereocenters. The van der Waals surface area contributed by atoms with E-state index >= 15 is 0 Å². The molecule has 8 heteroatoms. The molecule has 0 amide bonds. The lowest BCUT2D eigenvalue weighted by molar-refractivity contribution is 0.273. The summed E-state index contributed by atoms with van der Waals surface area (Å²) in [6.07, 6.45) is 4.50. The topological polar surface area (TPSA) is 39.0 Å². The van der Waals surface area contributed by atoms with Crippen LogP contribution in [0.15, 0.2) is 21.7 Å². The van der Waals surface area contributed by atoms with Crippen LogP contribution in [0.4, 0.5) is 0 Å². The van der Waals surface area contributed by atoms with Gasteiger partial charge >= 0.3 is 0 Å². The zero-order chi connectivity index (χ0) is 18.2. The summed E-state index contributed by atoms with van der Waals surface area (Å²) >= 11 is 3.53. The van der Waals surface area contributed by atoms with Crippen molar-refractivity contribution in [3.05, 3.63) is 22.4 Å². The van der Waals surface area contributed by atoms with Crippen molar-refractivity contribution in [1.29, 1.82) is 0 Å². The number of hydrogen-bond acceptors (Lipinski definition) is 3. The Morgan fingerprint density at radius 2 is 2.04 bits per heavy atom. The first-order chi connectivity index (χ1) is 12.0. The lowest BCUT2D eigenvalue weighted by Gasteiger charge is -2.23. The Balaban J connectivity index is 0.00000338. The Morgan fingerprint density at radius 1 is 1.27 bits per heavy atom. The van der Waals surface area contributed by atoms with E-state index in [1.807, 2.05) is 7.05 Å². The van der Waals surface area contributed by atoms with Crippen LogP contribution < -0.4 is 5.32 Å². The third-order valence-corrected chi connectivity index (χ3v) is 5.23. The number of halogens is 2.